The maximum absolute atomic E-state index is 5.67. The van der Waals surface area contributed by atoms with Crippen LogP contribution in [-0.2, 0) is 17.8 Å². The molecule has 0 saturated heterocycles. The van der Waals surface area contributed by atoms with Crippen molar-refractivity contribution >= 4 is 0 Å². The lowest BCUT2D eigenvalue weighted by atomic mass is 10.2. The van der Waals surface area contributed by atoms with Crippen LogP contribution in [0, 0.1) is 6.92 Å². The van der Waals surface area contributed by atoms with Crippen molar-refractivity contribution in [3.8, 4) is 5.75 Å². The van der Waals surface area contributed by atoms with Gasteiger partial charge in [0, 0.05) is 26.4 Å². The number of hydrogen-bond donors (Lipinski definition) is 1. The van der Waals surface area contributed by atoms with Crippen LogP contribution in [0.25, 0.3) is 0 Å². The Morgan fingerprint density at radius 2 is 2.00 bits per heavy atom. The van der Waals surface area contributed by atoms with Crippen molar-refractivity contribution in [3.63, 3.8) is 0 Å². The van der Waals surface area contributed by atoms with Gasteiger partial charge in [-0.1, -0.05) is 22.9 Å². The zero-order valence-corrected chi connectivity index (χ0v) is 12.6. The predicted octanol–water partition coefficient (Wildman–Crippen LogP) is 1.40. The van der Waals surface area contributed by atoms with Gasteiger partial charge in [-0.15, -0.1) is 5.10 Å². The maximum Gasteiger partial charge on any atom is 0.119 e. The maximum atomic E-state index is 5.67. The highest BCUT2D eigenvalue weighted by Gasteiger charge is 2.01. The second-order valence-electron chi connectivity index (χ2n) is 4.80. The molecule has 0 amide bonds. The summed E-state index contributed by atoms with van der Waals surface area (Å²) in [6.07, 6.45) is 1.93. The number of aryl methyl sites for hydroxylation is 1. The molecule has 6 heteroatoms. The molecule has 0 unspecified atom stereocenters. The first-order valence-corrected chi connectivity index (χ1v) is 7.06. The lowest BCUT2D eigenvalue weighted by Gasteiger charge is -2.05. The fourth-order valence-electron chi connectivity index (χ4n) is 1.81. The number of methoxy groups -OCH3 is 1. The van der Waals surface area contributed by atoms with Crippen molar-refractivity contribution in [3.05, 3.63) is 41.7 Å². The van der Waals surface area contributed by atoms with Crippen LogP contribution in [0.3, 0.4) is 0 Å². The normalized spacial score (nSPS) is 10.8. The lowest BCUT2D eigenvalue weighted by Crippen LogP contribution is -2.18. The zero-order chi connectivity index (χ0) is 14.9. The molecule has 0 atom stereocenters. The molecule has 0 aliphatic carbocycles. The minimum absolute atomic E-state index is 0.572. The van der Waals surface area contributed by atoms with E-state index in [-0.39, 0.29) is 0 Å². The molecule has 1 heterocycles. The Hall–Kier alpha value is -1.92. The molecule has 0 fully saturated rings. The Morgan fingerprint density at radius 3 is 2.76 bits per heavy atom. The minimum Gasteiger partial charge on any atom is -0.492 e. The number of nitrogens with one attached hydrogen (secondary N) is 1. The first-order valence-electron chi connectivity index (χ1n) is 7.06. The third-order valence-corrected chi connectivity index (χ3v) is 2.99. The second kappa shape index (κ2) is 8.39. The van der Waals surface area contributed by atoms with Crippen LogP contribution in [-0.4, -0.2) is 41.9 Å². The van der Waals surface area contributed by atoms with Crippen LogP contribution >= 0.6 is 0 Å². The molecule has 21 heavy (non-hydrogen) atoms. The van der Waals surface area contributed by atoms with Gasteiger partial charge in [0.05, 0.1) is 18.8 Å². The monoisotopic (exact) mass is 290 g/mol. The highest BCUT2D eigenvalue weighted by Crippen LogP contribution is 2.11. The summed E-state index contributed by atoms with van der Waals surface area (Å²) in [7, 11) is 1.69. The van der Waals surface area contributed by atoms with Gasteiger partial charge in [-0.2, -0.15) is 0 Å². The van der Waals surface area contributed by atoms with E-state index in [1.165, 1.54) is 5.56 Å². The molecular formula is C15H22N4O2. The van der Waals surface area contributed by atoms with Gasteiger partial charge in [-0.05, 0) is 19.1 Å². The molecule has 0 radical (unpaired) electrons. The van der Waals surface area contributed by atoms with Crippen molar-refractivity contribution < 1.29 is 9.47 Å². The molecule has 0 aliphatic rings. The molecule has 6 nitrogen and oxygen atoms in total. The first kappa shape index (κ1) is 15.5. The lowest BCUT2D eigenvalue weighted by molar-refractivity contribution is 0.199. The highest BCUT2D eigenvalue weighted by atomic mass is 16.5. The fourth-order valence-corrected chi connectivity index (χ4v) is 1.81. The van der Waals surface area contributed by atoms with Gasteiger partial charge in [-0.25, -0.2) is 4.68 Å². The van der Waals surface area contributed by atoms with E-state index >= 15 is 0 Å². The Bertz CT molecular complexity index is 525. The quantitative estimate of drug-likeness (QED) is 0.707. The summed E-state index contributed by atoms with van der Waals surface area (Å²) in [6.45, 7) is 5.50. The zero-order valence-electron chi connectivity index (χ0n) is 12.6. The molecular weight excluding hydrogens is 268 g/mol. The van der Waals surface area contributed by atoms with Crippen LogP contribution in [0.4, 0.5) is 0 Å². The van der Waals surface area contributed by atoms with Crippen LogP contribution < -0.4 is 10.1 Å². The summed E-state index contributed by atoms with van der Waals surface area (Å²) in [5.41, 5.74) is 2.14. The van der Waals surface area contributed by atoms with Crippen molar-refractivity contribution in [2.24, 2.45) is 0 Å². The van der Waals surface area contributed by atoms with E-state index in [4.69, 9.17) is 9.47 Å². The average Bonchev–Trinajstić information content (AvgIpc) is 2.94. The standard InChI is InChI=1S/C15H22N4O2/c1-13-3-5-15(6-4-13)21-10-8-19-12-14(17-18-19)11-16-7-9-20-2/h3-6,12,16H,7-11H2,1-2H3. The largest absolute Gasteiger partial charge is 0.492 e. The number of aromatic nitrogens is 3. The SMILES string of the molecule is COCCNCc1cn(CCOc2ccc(C)cc2)nn1. The molecule has 0 spiro atoms. The summed E-state index contributed by atoms with van der Waals surface area (Å²) >= 11 is 0. The van der Waals surface area contributed by atoms with Crippen molar-refractivity contribution in [1.82, 2.24) is 20.3 Å². The van der Waals surface area contributed by atoms with Crippen LogP contribution in [0.2, 0.25) is 0 Å². The fraction of sp³-hybridized carbons (Fsp3) is 0.467. The Labute approximate surface area is 125 Å². The van der Waals surface area contributed by atoms with Gasteiger partial charge in [-0.3, -0.25) is 0 Å². The van der Waals surface area contributed by atoms with Crippen LogP contribution in [0.5, 0.6) is 5.75 Å². The van der Waals surface area contributed by atoms with Gasteiger partial charge < -0.3 is 14.8 Å². The number of rotatable bonds is 9. The summed E-state index contributed by atoms with van der Waals surface area (Å²) in [5, 5.41) is 11.4. The summed E-state index contributed by atoms with van der Waals surface area (Å²) < 4.78 is 12.4. The molecule has 2 rings (SSSR count). The van der Waals surface area contributed by atoms with E-state index in [1.54, 1.807) is 11.8 Å². The van der Waals surface area contributed by atoms with Gasteiger partial charge in [0.1, 0.15) is 12.4 Å². The molecule has 114 valence electrons. The Morgan fingerprint density at radius 1 is 1.19 bits per heavy atom. The summed E-state index contributed by atoms with van der Waals surface area (Å²) in [5.74, 6) is 0.877. The summed E-state index contributed by atoms with van der Waals surface area (Å²) in [6, 6.07) is 8.02. The Balaban J connectivity index is 1.69. The molecule has 1 aromatic heterocycles. The van der Waals surface area contributed by atoms with E-state index in [9.17, 15) is 0 Å². The van der Waals surface area contributed by atoms with Crippen molar-refractivity contribution in [1.29, 1.82) is 0 Å². The van der Waals surface area contributed by atoms with Gasteiger partial charge in [0.2, 0.25) is 0 Å². The molecule has 0 bridgehead atoms. The molecule has 0 saturated carbocycles. The molecule has 0 aliphatic heterocycles. The van der Waals surface area contributed by atoms with Crippen LogP contribution in [0.15, 0.2) is 30.5 Å². The van der Waals surface area contributed by atoms with Gasteiger partial charge >= 0.3 is 0 Å². The predicted molar refractivity (Wildman–Crippen MR) is 80.3 cm³/mol. The summed E-state index contributed by atoms with van der Waals surface area (Å²) in [4.78, 5) is 0. The van der Waals surface area contributed by atoms with Gasteiger partial charge in [0.25, 0.3) is 0 Å². The van der Waals surface area contributed by atoms with E-state index in [1.807, 2.05) is 30.5 Å². The van der Waals surface area contributed by atoms with Crippen LogP contribution in [0.1, 0.15) is 11.3 Å². The van der Waals surface area contributed by atoms with E-state index in [0.717, 1.165) is 18.0 Å². The highest BCUT2D eigenvalue weighted by molar-refractivity contribution is 5.26. The number of ether oxygens (including phenoxy) is 2. The number of hydrogen-bond acceptors (Lipinski definition) is 5. The third kappa shape index (κ3) is 5.53. The Kier molecular flexibility index (Phi) is 6.18. The third-order valence-electron chi connectivity index (χ3n) is 2.99. The van der Waals surface area contributed by atoms with Gasteiger partial charge in [0.15, 0.2) is 0 Å². The smallest absolute Gasteiger partial charge is 0.119 e. The molecule has 1 N–H and O–H groups in total. The van der Waals surface area contributed by atoms with E-state index in [2.05, 4.69) is 22.6 Å². The average molecular weight is 290 g/mol. The molecule has 2 aromatic rings. The first-order chi connectivity index (χ1) is 10.3. The van der Waals surface area contributed by atoms with Crippen molar-refractivity contribution in [2.75, 3.05) is 26.9 Å². The minimum atomic E-state index is 0.572. The topological polar surface area (TPSA) is 61.2 Å². The van der Waals surface area contributed by atoms with E-state index in [0.29, 0.717) is 26.3 Å². The second-order valence-corrected chi connectivity index (χ2v) is 4.80. The molecule has 1 aromatic carbocycles. The van der Waals surface area contributed by atoms with E-state index < -0.39 is 0 Å². The number of nitrogens with zero attached hydrogens (tertiary/aromatic N) is 3. The number of benzene rings is 1. The van der Waals surface area contributed by atoms with Crippen molar-refractivity contribution in [2.45, 2.75) is 20.0 Å².